The van der Waals surface area contributed by atoms with Gasteiger partial charge in [0.1, 0.15) is 6.54 Å². The van der Waals surface area contributed by atoms with Gasteiger partial charge in [-0.1, -0.05) is 20.8 Å². The van der Waals surface area contributed by atoms with E-state index in [4.69, 9.17) is 5.11 Å². The fraction of sp³-hybridized carbons (Fsp3) is 0.923. The van der Waals surface area contributed by atoms with E-state index in [0.717, 1.165) is 38.5 Å². The van der Waals surface area contributed by atoms with E-state index in [2.05, 4.69) is 25.8 Å². The quantitative estimate of drug-likeness (QED) is 0.221. The van der Waals surface area contributed by atoms with Gasteiger partial charge in [0, 0.05) is 0 Å². The SMILES string of the molecule is C[C@H](CCC([O-])=NCC(=O)O)[C@H]1CCC2C3C(C[C@H](O)[C@@]21C)[C@@]1(C)CC[C@@H](O)CC1C[C@H]3O.[Na+]. The first-order valence-corrected chi connectivity index (χ1v) is 12.9. The topological polar surface area (TPSA) is 133 Å². The molecule has 4 fully saturated rings. The third kappa shape index (κ3) is 4.87. The van der Waals surface area contributed by atoms with Gasteiger partial charge in [0.25, 0.3) is 0 Å². The van der Waals surface area contributed by atoms with Crippen molar-refractivity contribution in [2.75, 3.05) is 6.54 Å². The summed E-state index contributed by atoms with van der Waals surface area (Å²) in [4.78, 5) is 14.3. The Morgan fingerprint density at radius 2 is 1.79 bits per heavy atom. The number of aliphatic carboxylic acids is 1. The van der Waals surface area contributed by atoms with Crippen molar-refractivity contribution in [3.05, 3.63) is 0 Å². The molecule has 4 aliphatic rings. The van der Waals surface area contributed by atoms with Gasteiger partial charge in [-0.25, -0.2) is 0 Å². The number of nitrogens with zero attached hydrogens (tertiary/aromatic N) is 1. The Labute approximate surface area is 225 Å². The number of hydrogen-bond donors (Lipinski definition) is 4. The normalized spacial score (nSPS) is 47.1. The van der Waals surface area contributed by atoms with E-state index in [9.17, 15) is 25.2 Å². The van der Waals surface area contributed by atoms with E-state index in [1.807, 2.05) is 0 Å². The van der Waals surface area contributed by atoms with Crippen molar-refractivity contribution in [3.63, 3.8) is 0 Å². The van der Waals surface area contributed by atoms with Gasteiger partial charge in [-0.3, -0.25) is 9.79 Å². The Morgan fingerprint density at radius 3 is 2.47 bits per heavy atom. The van der Waals surface area contributed by atoms with Crippen LogP contribution < -0.4 is 34.7 Å². The van der Waals surface area contributed by atoms with E-state index in [-0.39, 0.29) is 94.5 Å². The molecule has 4 saturated carbocycles. The van der Waals surface area contributed by atoms with Crippen LogP contribution in [0.2, 0.25) is 0 Å². The average Bonchev–Trinajstić information content (AvgIpc) is 3.11. The molecule has 0 saturated heterocycles. The van der Waals surface area contributed by atoms with E-state index in [0.29, 0.717) is 18.8 Å². The Bertz CT molecular complexity index is 778. The summed E-state index contributed by atoms with van der Waals surface area (Å²) in [6.07, 6.45) is 5.72. The summed E-state index contributed by atoms with van der Waals surface area (Å²) < 4.78 is 0. The molecule has 34 heavy (non-hydrogen) atoms. The third-order valence-electron chi connectivity index (χ3n) is 10.7. The van der Waals surface area contributed by atoms with Crippen LogP contribution in [0.3, 0.4) is 0 Å². The molecule has 0 aromatic heterocycles. The molecule has 0 aromatic carbocycles. The van der Waals surface area contributed by atoms with Gasteiger partial charge in [-0.2, -0.15) is 0 Å². The van der Waals surface area contributed by atoms with Crippen molar-refractivity contribution in [2.45, 2.75) is 96.9 Å². The van der Waals surface area contributed by atoms with Gasteiger partial charge in [-0.15, -0.1) is 0 Å². The fourth-order valence-electron chi connectivity index (χ4n) is 8.92. The van der Waals surface area contributed by atoms with Crippen LogP contribution in [-0.2, 0) is 4.79 Å². The molecule has 0 bridgehead atoms. The first kappa shape index (κ1) is 28.4. The molecule has 0 aliphatic heterocycles. The molecule has 11 atom stereocenters. The van der Waals surface area contributed by atoms with Crippen molar-refractivity contribution < 1.29 is 59.9 Å². The van der Waals surface area contributed by atoms with E-state index < -0.39 is 18.6 Å². The smallest absolute Gasteiger partial charge is 0.862 e. The Hall–Kier alpha value is -0.180. The summed E-state index contributed by atoms with van der Waals surface area (Å²) in [5.74, 6) is 0.0278. The van der Waals surface area contributed by atoms with Crippen molar-refractivity contribution in [1.82, 2.24) is 0 Å². The molecule has 188 valence electrons. The summed E-state index contributed by atoms with van der Waals surface area (Å²) >= 11 is 0. The van der Waals surface area contributed by atoms with Gasteiger partial charge in [0.2, 0.25) is 0 Å². The number of rotatable bonds is 6. The number of aliphatic hydroxyl groups is 3. The second-order valence-corrected chi connectivity index (χ2v) is 12.1. The Kier molecular flexibility index (Phi) is 8.91. The van der Waals surface area contributed by atoms with Crippen LogP contribution in [0.4, 0.5) is 0 Å². The van der Waals surface area contributed by atoms with Gasteiger partial charge in [0.05, 0.1) is 18.3 Å². The molecule has 0 radical (unpaired) electrons. The van der Waals surface area contributed by atoms with E-state index in [1.165, 1.54) is 0 Å². The maximum absolute atomic E-state index is 12.0. The number of carboxylic acid groups (broad SMARTS) is 1. The fourth-order valence-corrected chi connectivity index (χ4v) is 8.92. The van der Waals surface area contributed by atoms with Crippen LogP contribution in [-0.4, -0.2) is 57.1 Å². The molecule has 4 rings (SSSR count). The summed E-state index contributed by atoms with van der Waals surface area (Å²) in [6.45, 7) is 6.20. The molecule has 0 amide bonds. The second kappa shape index (κ2) is 10.7. The van der Waals surface area contributed by atoms with Crippen molar-refractivity contribution in [3.8, 4) is 0 Å². The van der Waals surface area contributed by atoms with Crippen LogP contribution in [0.15, 0.2) is 4.99 Å². The number of aliphatic imine (C=N–C) groups is 1. The second-order valence-electron chi connectivity index (χ2n) is 12.1. The zero-order chi connectivity index (χ0) is 24.1. The van der Waals surface area contributed by atoms with Crippen LogP contribution in [0.25, 0.3) is 0 Å². The number of carboxylic acids is 1. The maximum Gasteiger partial charge on any atom is 1.00 e. The minimum atomic E-state index is -1.10. The predicted octanol–water partition coefficient (Wildman–Crippen LogP) is -0.788. The summed E-state index contributed by atoms with van der Waals surface area (Å²) in [5.41, 5.74) is -0.229. The summed E-state index contributed by atoms with van der Waals surface area (Å²) in [7, 11) is 0. The van der Waals surface area contributed by atoms with Crippen LogP contribution in [0.1, 0.15) is 78.6 Å². The molecule has 8 heteroatoms. The minimum Gasteiger partial charge on any atom is -0.862 e. The number of aliphatic hydroxyl groups excluding tert-OH is 3. The van der Waals surface area contributed by atoms with Crippen molar-refractivity contribution in [2.24, 2.45) is 51.3 Å². The molecule has 4 aliphatic carbocycles. The van der Waals surface area contributed by atoms with E-state index >= 15 is 0 Å². The summed E-state index contributed by atoms with van der Waals surface area (Å²) in [6, 6.07) is 0. The third-order valence-corrected chi connectivity index (χ3v) is 10.7. The van der Waals surface area contributed by atoms with Gasteiger partial charge in [-0.05, 0) is 110 Å². The van der Waals surface area contributed by atoms with Crippen LogP contribution >= 0.6 is 0 Å². The minimum absolute atomic E-state index is 0. The zero-order valence-corrected chi connectivity index (χ0v) is 23.3. The Morgan fingerprint density at radius 1 is 1.09 bits per heavy atom. The molecule has 0 aromatic rings. The molecule has 0 heterocycles. The number of fused-ring (bicyclic) bond motifs is 5. The monoisotopic (exact) mass is 487 g/mol. The predicted molar refractivity (Wildman–Crippen MR) is 122 cm³/mol. The van der Waals surface area contributed by atoms with Crippen LogP contribution in [0, 0.1) is 46.3 Å². The first-order chi connectivity index (χ1) is 15.5. The largest absolute Gasteiger partial charge is 1.00 e. The molecule has 7 nitrogen and oxygen atoms in total. The maximum atomic E-state index is 12.0. The van der Waals surface area contributed by atoms with Gasteiger partial charge < -0.3 is 25.5 Å². The first-order valence-electron chi connectivity index (χ1n) is 12.9. The molecule has 0 spiro atoms. The average molecular weight is 488 g/mol. The summed E-state index contributed by atoms with van der Waals surface area (Å²) in [5, 5.41) is 53.9. The van der Waals surface area contributed by atoms with Crippen LogP contribution in [0.5, 0.6) is 0 Å². The van der Waals surface area contributed by atoms with Gasteiger partial charge >= 0.3 is 35.5 Å². The molecular formula is C26H42NNaO6. The van der Waals surface area contributed by atoms with Crippen molar-refractivity contribution >= 4 is 11.9 Å². The number of carbonyl (C=O) groups is 1. The number of hydrogen-bond acceptors (Lipinski definition) is 6. The van der Waals surface area contributed by atoms with Crippen molar-refractivity contribution in [1.29, 1.82) is 0 Å². The molecule has 4 N–H and O–H groups in total. The molecular weight excluding hydrogens is 445 g/mol. The zero-order valence-electron chi connectivity index (χ0n) is 21.3. The Balaban J connectivity index is 0.00000324. The molecule has 4 unspecified atom stereocenters. The standard InChI is InChI=1S/C26H43NO6.Na/c1-14(4-7-22(31)27-13-23(32)33)17-5-6-18-24-19(12-21(30)26(17,18)3)25(2)9-8-16(28)10-15(25)11-20(24)29;/h14-21,24,28-30H,4-13H2,1-3H3,(H,27,31)(H,32,33);/q;+1/p-1/t14-,15?,16-,17-,18?,19?,20-,21+,24?,25+,26-;/m1./s1. The van der Waals surface area contributed by atoms with Gasteiger partial charge in [0.15, 0.2) is 0 Å². The van der Waals surface area contributed by atoms with E-state index in [1.54, 1.807) is 0 Å².